The smallest absolute Gasteiger partial charge is 0.461 e. The van der Waals surface area contributed by atoms with Crippen molar-refractivity contribution in [2.75, 3.05) is 11.9 Å². The Morgan fingerprint density at radius 3 is 2.27 bits per heavy atom. The Bertz CT molecular complexity index is 1080. The fourth-order valence-electron chi connectivity index (χ4n) is 2.88. The van der Waals surface area contributed by atoms with Gasteiger partial charge in [-0.05, 0) is 47.9 Å². The fourth-order valence-corrected chi connectivity index (χ4v) is 3.38. The molecule has 3 aromatic carbocycles. The van der Waals surface area contributed by atoms with E-state index in [0.717, 1.165) is 11.1 Å². The third kappa shape index (κ3) is 7.41. The van der Waals surface area contributed by atoms with Gasteiger partial charge in [0.05, 0.1) is 28.8 Å². The van der Waals surface area contributed by atoms with Crippen molar-refractivity contribution in [3.63, 3.8) is 0 Å². The number of benzene rings is 3. The lowest BCUT2D eigenvalue weighted by atomic mass is 10.1. The first kappa shape index (κ1) is 24.4. The Labute approximate surface area is 202 Å². The van der Waals surface area contributed by atoms with E-state index in [1.807, 2.05) is 31.2 Å². The standard InChI is InChI=1S/C25H23Cl2NO5/c1-2-14-31-25(30)33-19-12-10-17(11-13-19)16-32-23(29)15-18-6-3-4-9-22(18)28-24-20(26)7-5-8-21(24)27/h3-13,28H,2,14-16H2,1H3. The van der Waals surface area contributed by atoms with Gasteiger partial charge in [-0.3, -0.25) is 4.79 Å². The Morgan fingerprint density at radius 1 is 0.879 bits per heavy atom. The highest BCUT2D eigenvalue weighted by molar-refractivity contribution is 6.39. The van der Waals surface area contributed by atoms with E-state index in [9.17, 15) is 9.59 Å². The molecule has 0 saturated carbocycles. The maximum absolute atomic E-state index is 12.4. The second-order valence-electron chi connectivity index (χ2n) is 7.06. The first-order valence-corrected chi connectivity index (χ1v) is 11.1. The molecule has 0 radical (unpaired) electrons. The molecule has 33 heavy (non-hydrogen) atoms. The fraction of sp³-hybridized carbons (Fsp3) is 0.200. The number of ether oxygens (including phenoxy) is 3. The Balaban J connectivity index is 1.56. The lowest BCUT2D eigenvalue weighted by molar-refractivity contribution is -0.144. The number of para-hydroxylation sites is 2. The van der Waals surface area contributed by atoms with Crippen LogP contribution in [0.3, 0.4) is 0 Å². The van der Waals surface area contributed by atoms with Gasteiger partial charge in [-0.2, -0.15) is 0 Å². The molecule has 0 fully saturated rings. The highest BCUT2D eigenvalue weighted by atomic mass is 35.5. The average molecular weight is 488 g/mol. The average Bonchev–Trinajstić information content (AvgIpc) is 2.81. The quantitative estimate of drug-likeness (QED) is 0.260. The maximum Gasteiger partial charge on any atom is 0.513 e. The molecule has 6 nitrogen and oxygen atoms in total. The van der Waals surface area contributed by atoms with Crippen molar-refractivity contribution in [2.45, 2.75) is 26.4 Å². The second kappa shape index (κ2) is 12.1. The van der Waals surface area contributed by atoms with Gasteiger partial charge >= 0.3 is 12.1 Å². The molecule has 0 aliphatic heterocycles. The van der Waals surface area contributed by atoms with Crippen molar-refractivity contribution < 1.29 is 23.8 Å². The summed E-state index contributed by atoms with van der Waals surface area (Å²) in [7, 11) is 0. The summed E-state index contributed by atoms with van der Waals surface area (Å²) in [5.41, 5.74) is 2.78. The normalized spacial score (nSPS) is 10.4. The van der Waals surface area contributed by atoms with Crippen LogP contribution < -0.4 is 10.1 Å². The van der Waals surface area contributed by atoms with Gasteiger partial charge in [-0.1, -0.05) is 66.5 Å². The van der Waals surface area contributed by atoms with Crippen molar-refractivity contribution in [1.82, 2.24) is 0 Å². The van der Waals surface area contributed by atoms with E-state index in [2.05, 4.69) is 5.32 Å². The number of nitrogens with one attached hydrogen (secondary N) is 1. The SMILES string of the molecule is CCCOC(=O)Oc1ccc(COC(=O)Cc2ccccc2Nc2c(Cl)cccc2Cl)cc1. The summed E-state index contributed by atoms with van der Waals surface area (Å²) < 4.78 is 15.3. The second-order valence-corrected chi connectivity index (χ2v) is 7.88. The van der Waals surface area contributed by atoms with Crippen LogP contribution >= 0.6 is 23.2 Å². The Kier molecular flexibility index (Phi) is 8.98. The molecule has 0 aliphatic carbocycles. The number of carbonyl (C=O) groups is 2. The van der Waals surface area contributed by atoms with Crippen molar-refractivity contribution in [1.29, 1.82) is 0 Å². The van der Waals surface area contributed by atoms with Crippen LogP contribution in [0.5, 0.6) is 5.75 Å². The van der Waals surface area contributed by atoms with E-state index in [-0.39, 0.29) is 13.0 Å². The van der Waals surface area contributed by atoms with Crippen LogP contribution in [0.2, 0.25) is 10.0 Å². The molecule has 0 aromatic heterocycles. The third-order valence-corrected chi connectivity index (χ3v) is 5.15. The van der Waals surface area contributed by atoms with Gasteiger partial charge in [0.1, 0.15) is 12.4 Å². The lowest BCUT2D eigenvalue weighted by Crippen LogP contribution is -2.11. The molecule has 0 bridgehead atoms. The number of anilines is 2. The van der Waals surface area contributed by atoms with Crippen LogP contribution in [-0.2, 0) is 27.3 Å². The molecule has 0 spiro atoms. The monoisotopic (exact) mass is 487 g/mol. The predicted octanol–water partition coefficient (Wildman–Crippen LogP) is 6.95. The van der Waals surface area contributed by atoms with Gasteiger partial charge in [0.15, 0.2) is 0 Å². The van der Waals surface area contributed by atoms with Crippen LogP contribution in [0.4, 0.5) is 16.2 Å². The van der Waals surface area contributed by atoms with E-state index < -0.39 is 12.1 Å². The zero-order valence-electron chi connectivity index (χ0n) is 18.0. The minimum absolute atomic E-state index is 0.0652. The first-order chi connectivity index (χ1) is 16.0. The Hall–Kier alpha value is -3.22. The molecule has 0 heterocycles. The van der Waals surface area contributed by atoms with Gasteiger partial charge in [-0.15, -0.1) is 0 Å². The van der Waals surface area contributed by atoms with Crippen molar-refractivity contribution in [3.05, 3.63) is 87.9 Å². The number of carbonyl (C=O) groups excluding carboxylic acids is 2. The number of halogens is 2. The van der Waals surface area contributed by atoms with E-state index in [1.165, 1.54) is 0 Å². The van der Waals surface area contributed by atoms with E-state index >= 15 is 0 Å². The summed E-state index contributed by atoms with van der Waals surface area (Å²) in [5.74, 6) is -0.0395. The number of hydrogen-bond acceptors (Lipinski definition) is 6. The van der Waals surface area contributed by atoms with Gasteiger partial charge in [-0.25, -0.2) is 4.79 Å². The summed E-state index contributed by atoms with van der Waals surface area (Å²) in [6, 6.07) is 19.2. The maximum atomic E-state index is 12.4. The van der Waals surface area contributed by atoms with E-state index in [0.29, 0.717) is 40.2 Å². The largest absolute Gasteiger partial charge is 0.513 e. The molecular formula is C25H23Cl2NO5. The number of esters is 1. The van der Waals surface area contributed by atoms with Crippen LogP contribution in [0, 0.1) is 0 Å². The van der Waals surface area contributed by atoms with Gasteiger partial charge in [0, 0.05) is 5.69 Å². The van der Waals surface area contributed by atoms with Gasteiger partial charge in [0.2, 0.25) is 0 Å². The highest BCUT2D eigenvalue weighted by Crippen LogP contribution is 2.33. The minimum Gasteiger partial charge on any atom is -0.461 e. The highest BCUT2D eigenvalue weighted by Gasteiger charge is 2.12. The lowest BCUT2D eigenvalue weighted by Gasteiger charge is -2.14. The summed E-state index contributed by atoms with van der Waals surface area (Å²) >= 11 is 12.5. The molecule has 0 aliphatic rings. The molecule has 8 heteroatoms. The molecule has 1 N–H and O–H groups in total. The zero-order valence-corrected chi connectivity index (χ0v) is 19.5. The molecular weight excluding hydrogens is 465 g/mol. The van der Waals surface area contributed by atoms with Crippen LogP contribution in [0.1, 0.15) is 24.5 Å². The number of hydrogen-bond donors (Lipinski definition) is 1. The molecule has 172 valence electrons. The van der Waals surface area contributed by atoms with E-state index in [1.54, 1.807) is 42.5 Å². The molecule has 0 atom stereocenters. The van der Waals surface area contributed by atoms with Crippen LogP contribution in [-0.4, -0.2) is 18.7 Å². The first-order valence-electron chi connectivity index (χ1n) is 10.3. The molecule has 0 amide bonds. The van der Waals surface area contributed by atoms with Crippen LogP contribution in [0.15, 0.2) is 66.7 Å². The third-order valence-electron chi connectivity index (χ3n) is 4.52. The minimum atomic E-state index is -0.749. The molecule has 0 unspecified atom stereocenters. The summed E-state index contributed by atoms with van der Waals surface area (Å²) in [6.45, 7) is 2.29. The summed E-state index contributed by atoms with van der Waals surface area (Å²) in [4.78, 5) is 23.9. The summed E-state index contributed by atoms with van der Waals surface area (Å²) in [6.07, 6.45) is 0.0324. The zero-order chi connectivity index (χ0) is 23.6. The molecule has 0 saturated heterocycles. The van der Waals surface area contributed by atoms with E-state index in [4.69, 9.17) is 37.4 Å². The Morgan fingerprint density at radius 2 is 1.58 bits per heavy atom. The topological polar surface area (TPSA) is 73.9 Å². The van der Waals surface area contributed by atoms with Crippen molar-refractivity contribution in [3.8, 4) is 5.75 Å². The van der Waals surface area contributed by atoms with Gasteiger partial charge in [0.25, 0.3) is 0 Å². The molecule has 3 rings (SSSR count). The van der Waals surface area contributed by atoms with Crippen molar-refractivity contribution in [2.24, 2.45) is 0 Å². The van der Waals surface area contributed by atoms with Gasteiger partial charge < -0.3 is 19.5 Å². The molecule has 3 aromatic rings. The van der Waals surface area contributed by atoms with Crippen molar-refractivity contribution >= 4 is 46.7 Å². The summed E-state index contributed by atoms with van der Waals surface area (Å²) in [5, 5.41) is 4.15. The number of rotatable bonds is 9. The predicted molar refractivity (Wildman–Crippen MR) is 128 cm³/mol. The van der Waals surface area contributed by atoms with Crippen LogP contribution in [0.25, 0.3) is 0 Å².